The maximum absolute atomic E-state index is 6.72. The van der Waals surface area contributed by atoms with Crippen LogP contribution in [0.1, 0.15) is 53.5 Å². The highest BCUT2D eigenvalue weighted by Crippen LogP contribution is 2.38. The SMILES string of the molecule is CC(C)(C)[Si](C)(C)C#CC(CCc1ccccc1)O[Si](C)(C)C(C)(C)C. The summed E-state index contributed by atoms with van der Waals surface area (Å²) in [6, 6.07) is 10.7. The van der Waals surface area contributed by atoms with Gasteiger partial charge in [0.05, 0.1) is 0 Å². The Bertz CT molecular complexity index is 622. The summed E-state index contributed by atoms with van der Waals surface area (Å²) in [6.07, 6.45) is 2.02. The summed E-state index contributed by atoms with van der Waals surface area (Å²) in [5.41, 5.74) is 5.06. The lowest BCUT2D eigenvalue weighted by atomic mass is 10.1. The maximum atomic E-state index is 6.72. The van der Waals surface area contributed by atoms with Crippen LogP contribution >= 0.6 is 0 Å². The fourth-order valence-electron chi connectivity index (χ4n) is 2.08. The van der Waals surface area contributed by atoms with Crippen LogP contribution in [0.4, 0.5) is 0 Å². The van der Waals surface area contributed by atoms with E-state index in [0.717, 1.165) is 12.8 Å². The first-order chi connectivity index (χ1) is 11.7. The van der Waals surface area contributed by atoms with E-state index < -0.39 is 16.4 Å². The Hall–Kier alpha value is -0.826. The zero-order valence-corrected chi connectivity index (χ0v) is 20.8. The van der Waals surface area contributed by atoms with E-state index in [0.29, 0.717) is 0 Å². The molecular weight excluding hydrogens is 348 g/mol. The second-order valence-electron chi connectivity index (χ2n) is 10.5. The molecule has 0 N–H and O–H groups in total. The predicted octanol–water partition coefficient (Wildman–Crippen LogP) is 7.06. The van der Waals surface area contributed by atoms with Crippen molar-refractivity contribution in [2.24, 2.45) is 0 Å². The first-order valence-corrected chi connectivity index (χ1v) is 15.8. The van der Waals surface area contributed by atoms with Crippen LogP contribution < -0.4 is 0 Å². The molecule has 0 heterocycles. The lowest BCUT2D eigenvalue weighted by Gasteiger charge is -2.38. The minimum atomic E-state index is -1.84. The van der Waals surface area contributed by atoms with Gasteiger partial charge in [0.2, 0.25) is 0 Å². The van der Waals surface area contributed by atoms with Gasteiger partial charge < -0.3 is 4.43 Å². The maximum Gasteiger partial charge on any atom is 0.193 e. The van der Waals surface area contributed by atoms with Gasteiger partial charge >= 0.3 is 0 Å². The van der Waals surface area contributed by atoms with Crippen LogP contribution in [-0.2, 0) is 10.8 Å². The zero-order chi connectivity index (χ0) is 20.2. The molecule has 1 rings (SSSR count). The molecule has 0 aliphatic carbocycles. The van der Waals surface area contributed by atoms with E-state index in [9.17, 15) is 0 Å². The van der Waals surface area contributed by atoms with Crippen molar-refractivity contribution >= 4 is 16.4 Å². The normalized spacial score (nSPS) is 14.5. The van der Waals surface area contributed by atoms with E-state index in [4.69, 9.17) is 4.43 Å². The highest BCUT2D eigenvalue weighted by Gasteiger charge is 2.39. The van der Waals surface area contributed by atoms with Gasteiger partial charge in [-0.2, -0.15) is 0 Å². The molecule has 26 heavy (non-hydrogen) atoms. The molecule has 1 nitrogen and oxygen atoms in total. The zero-order valence-electron chi connectivity index (χ0n) is 18.8. The standard InChI is InChI=1S/C23H40OSi2/c1-22(2,3)25(7,8)19-18-21(24-26(9,10)23(4,5)6)17-16-20-14-12-11-13-15-20/h11-15,21H,16-17H2,1-10H3. The van der Waals surface area contributed by atoms with Crippen LogP contribution in [-0.4, -0.2) is 22.5 Å². The Morgan fingerprint density at radius 1 is 0.885 bits per heavy atom. The first-order valence-electron chi connectivity index (χ1n) is 9.90. The molecule has 0 radical (unpaired) electrons. The summed E-state index contributed by atoms with van der Waals surface area (Å²) < 4.78 is 6.72. The van der Waals surface area contributed by atoms with Crippen LogP contribution in [0.3, 0.4) is 0 Å². The molecule has 1 aromatic carbocycles. The van der Waals surface area contributed by atoms with Crippen molar-refractivity contribution < 1.29 is 4.43 Å². The Balaban J connectivity index is 3.03. The van der Waals surface area contributed by atoms with Crippen LogP contribution in [0.2, 0.25) is 36.3 Å². The highest BCUT2D eigenvalue weighted by molar-refractivity contribution is 6.87. The second-order valence-corrected chi connectivity index (χ2v) is 20.3. The molecule has 0 spiro atoms. The van der Waals surface area contributed by atoms with Crippen LogP contribution in [0.25, 0.3) is 0 Å². The van der Waals surface area contributed by atoms with Gasteiger partial charge in [0.15, 0.2) is 8.32 Å². The molecule has 3 heteroatoms. The van der Waals surface area contributed by atoms with Gasteiger partial charge in [-0.1, -0.05) is 90.9 Å². The topological polar surface area (TPSA) is 9.23 Å². The number of hydrogen-bond donors (Lipinski definition) is 0. The third-order valence-corrected chi connectivity index (χ3v) is 15.2. The minimum absolute atomic E-state index is 0.0326. The van der Waals surface area contributed by atoms with E-state index in [2.05, 4.69) is 110 Å². The van der Waals surface area contributed by atoms with E-state index in [1.54, 1.807) is 0 Å². The molecule has 0 aliphatic heterocycles. The van der Waals surface area contributed by atoms with Crippen LogP contribution in [0, 0.1) is 11.5 Å². The van der Waals surface area contributed by atoms with Crippen molar-refractivity contribution in [2.75, 3.05) is 0 Å². The second kappa shape index (κ2) is 8.46. The summed E-state index contributed by atoms with van der Waals surface area (Å²) in [4.78, 5) is 0. The van der Waals surface area contributed by atoms with Crippen molar-refractivity contribution in [3.63, 3.8) is 0 Å². The quantitative estimate of drug-likeness (QED) is 0.387. The molecular formula is C23H40OSi2. The Labute approximate surface area is 165 Å². The summed E-state index contributed by atoms with van der Waals surface area (Å²) in [6.45, 7) is 23.3. The fourth-order valence-corrected chi connectivity index (χ4v) is 4.22. The van der Waals surface area contributed by atoms with Gasteiger partial charge in [-0.05, 0) is 41.6 Å². The Kier molecular flexibility index (Phi) is 7.55. The largest absolute Gasteiger partial charge is 0.403 e. The Morgan fingerprint density at radius 2 is 1.42 bits per heavy atom. The van der Waals surface area contributed by atoms with Crippen LogP contribution in [0.5, 0.6) is 0 Å². The molecule has 0 aromatic heterocycles. The lowest BCUT2D eigenvalue weighted by molar-refractivity contribution is 0.224. The van der Waals surface area contributed by atoms with Crippen molar-refractivity contribution in [3.05, 3.63) is 35.9 Å². The summed E-state index contributed by atoms with van der Waals surface area (Å²) in [5.74, 6) is 3.59. The third kappa shape index (κ3) is 6.72. The predicted molar refractivity (Wildman–Crippen MR) is 122 cm³/mol. The molecule has 0 saturated carbocycles. The third-order valence-electron chi connectivity index (χ3n) is 6.20. The molecule has 0 amide bonds. The first kappa shape index (κ1) is 23.2. The summed E-state index contributed by atoms with van der Waals surface area (Å²) >= 11 is 0. The van der Waals surface area contributed by atoms with E-state index in [-0.39, 0.29) is 16.2 Å². The monoisotopic (exact) mass is 388 g/mol. The fraction of sp³-hybridized carbons (Fsp3) is 0.652. The number of rotatable bonds is 5. The van der Waals surface area contributed by atoms with E-state index >= 15 is 0 Å². The highest BCUT2D eigenvalue weighted by atomic mass is 28.4. The van der Waals surface area contributed by atoms with Gasteiger partial charge in [-0.15, -0.1) is 5.54 Å². The average Bonchev–Trinajstić information content (AvgIpc) is 2.48. The molecule has 1 unspecified atom stereocenters. The lowest BCUT2D eigenvalue weighted by Crippen LogP contribution is -2.44. The number of hydrogen-bond acceptors (Lipinski definition) is 1. The molecule has 0 aliphatic rings. The molecule has 0 fully saturated rings. The van der Waals surface area contributed by atoms with E-state index in [1.165, 1.54) is 5.56 Å². The average molecular weight is 389 g/mol. The summed E-state index contributed by atoms with van der Waals surface area (Å²) in [7, 11) is -3.46. The van der Waals surface area contributed by atoms with Gasteiger partial charge in [0.25, 0.3) is 0 Å². The van der Waals surface area contributed by atoms with Crippen molar-refractivity contribution in [2.45, 2.75) is 96.8 Å². The van der Waals surface area contributed by atoms with Gasteiger partial charge in [-0.25, -0.2) is 0 Å². The van der Waals surface area contributed by atoms with Crippen LogP contribution in [0.15, 0.2) is 30.3 Å². The van der Waals surface area contributed by atoms with Gasteiger partial charge in [0.1, 0.15) is 14.2 Å². The van der Waals surface area contributed by atoms with E-state index in [1.807, 2.05) is 0 Å². The molecule has 146 valence electrons. The number of benzene rings is 1. The molecule has 1 atom stereocenters. The Morgan fingerprint density at radius 3 is 1.88 bits per heavy atom. The minimum Gasteiger partial charge on any atom is -0.403 e. The van der Waals surface area contributed by atoms with Crippen molar-refractivity contribution in [3.8, 4) is 11.5 Å². The summed E-state index contributed by atoms with van der Waals surface area (Å²) in [5, 5.41) is 0.484. The molecule has 0 saturated heterocycles. The molecule has 0 bridgehead atoms. The number of aryl methyl sites for hydroxylation is 1. The van der Waals surface area contributed by atoms with Crippen molar-refractivity contribution in [1.29, 1.82) is 0 Å². The van der Waals surface area contributed by atoms with Gasteiger partial charge in [-0.3, -0.25) is 0 Å². The smallest absolute Gasteiger partial charge is 0.193 e. The van der Waals surface area contributed by atoms with Crippen molar-refractivity contribution in [1.82, 2.24) is 0 Å². The molecule has 1 aromatic rings. The van der Waals surface area contributed by atoms with Gasteiger partial charge in [0, 0.05) is 0 Å².